The number of nitrogens with two attached hydrogens (primary N) is 1. The standard InChI is InChI=1S/C9H15N5O/c1-3-14-9(11-5-12-14)8-6(10)4-7(15)13(8)2/h5-6,8H,3-4,10H2,1-2H3. The van der Waals surface area contributed by atoms with Crippen LogP contribution in [-0.4, -0.2) is 38.7 Å². The van der Waals surface area contributed by atoms with Crippen LogP contribution in [0, 0.1) is 0 Å². The Kier molecular flexibility index (Phi) is 2.44. The third kappa shape index (κ3) is 1.50. The first-order chi connectivity index (χ1) is 7.15. The zero-order valence-corrected chi connectivity index (χ0v) is 8.92. The van der Waals surface area contributed by atoms with E-state index in [1.165, 1.54) is 6.33 Å². The molecule has 0 radical (unpaired) electrons. The minimum absolute atomic E-state index is 0.0677. The molecular weight excluding hydrogens is 194 g/mol. The predicted octanol–water partition coefficient (Wildman–Crippen LogP) is -0.471. The van der Waals surface area contributed by atoms with Crippen molar-refractivity contribution in [2.24, 2.45) is 5.73 Å². The number of likely N-dealkylation sites (N-methyl/N-ethyl adjacent to an activating group) is 1. The Morgan fingerprint density at radius 1 is 1.67 bits per heavy atom. The summed E-state index contributed by atoms with van der Waals surface area (Å²) in [6.07, 6.45) is 1.89. The number of aromatic nitrogens is 3. The summed E-state index contributed by atoms with van der Waals surface area (Å²) in [5.74, 6) is 0.844. The molecule has 1 amide bonds. The van der Waals surface area contributed by atoms with Crippen molar-refractivity contribution in [3.63, 3.8) is 0 Å². The summed E-state index contributed by atoms with van der Waals surface area (Å²) < 4.78 is 1.78. The quantitative estimate of drug-likeness (QED) is 0.714. The van der Waals surface area contributed by atoms with E-state index in [1.54, 1.807) is 16.6 Å². The van der Waals surface area contributed by atoms with Crippen molar-refractivity contribution < 1.29 is 4.79 Å². The Morgan fingerprint density at radius 2 is 2.40 bits per heavy atom. The van der Waals surface area contributed by atoms with Gasteiger partial charge in [0, 0.05) is 26.1 Å². The van der Waals surface area contributed by atoms with E-state index in [0.717, 1.165) is 12.4 Å². The first-order valence-electron chi connectivity index (χ1n) is 5.04. The molecule has 0 spiro atoms. The number of hydrogen-bond donors (Lipinski definition) is 1. The molecule has 1 aromatic heterocycles. The highest BCUT2D eigenvalue weighted by Gasteiger charge is 2.38. The molecule has 0 saturated carbocycles. The molecule has 0 aromatic carbocycles. The predicted molar refractivity (Wildman–Crippen MR) is 53.8 cm³/mol. The van der Waals surface area contributed by atoms with Gasteiger partial charge in [-0.05, 0) is 6.92 Å². The van der Waals surface area contributed by atoms with E-state index in [-0.39, 0.29) is 18.0 Å². The van der Waals surface area contributed by atoms with Gasteiger partial charge in [0.1, 0.15) is 12.4 Å². The second kappa shape index (κ2) is 3.62. The van der Waals surface area contributed by atoms with Crippen LogP contribution in [-0.2, 0) is 11.3 Å². The molecule has 1 fully saturated rings. The summed E-state index contributed by atoms with van der Waals surface area (Å²) in [4.78, 5) is 17.3. The lowest BCUT2D eigenvalue weighted by Gasteiger charge is -2.21. The zero-order valence-electron chi connectivity index (χ0n) is 8.92. The number of hydrogen-bond acceptors (Lipinski definition) is 4. The number of likely N-dealkylation sites (tertiary alicyclic amines) is 1. The van der Waals surface area contributed by atoms with Crippen LogP contribution in [0.15, 0.2) is 6.33 Å². The fraction of sp³-hybridized carbons (Fsp3) is 0.667. The average Bonchev–Trinajstić information content (AvgIpc) is 2.73. The van der Waals surface area contributed by atoms with Crippen LogP contribution >= 0.6 is 0 Å². The average molecular weight is 209 g/mol. The number of nitrogens with zero attached hydrogens (tertiary/aromatic N) is 4. The first kappa shape index (κ1) is 10.1. The highest BCUT2D eigenvalue weighted by Crippen LogP contribution is 2.28. The molecule has 2 unspecified atom stereocenters. The minimum atomic E-state index is -0.183. The van der Waals surface area contributed by atoms with Gasteiger partial charge < -0.3 is 10.6 Å². The highest BCUT2D eigenvalue weighted by atomic mass is 16.2. The van der Waals surface area contributed by atoms with Crippen molar-refractivity contribution in [1.29, 1.82) is 0 Å². The molecule has 2 atom stereocenters. The maximum atomic E-state index is 11.5. The molecule has 1 saturated heterocycles. The summed E-state index contributed by atoms with van der Waals surface area (Å²) in [5, 5.41) is 4.09. The number of rotatable bonds is 2. The van der Waals surface area contributed by atoms with Gasteiger partial charge in [-0.2, -0.15) is 5.10 Å². The van der Waals surface area contributed by atoms with Crippen molar-refractivity contribution >= 4 is 5.91 Å². The van der Waals surface area contributed by atoms with Gasteiger partial charge >= 0.3 is 0 Å². The zero-order chi connectivity index (χ0) is 11.0. The van der Waals surface area contributed by atoms with Crippen LogP contribution in [0.2, 0.25) is 0 Å². The summed E-state index contributed by atoms with van der Waals surface area (Å²) in [7, 11) is 1.76. The Morgan fingerprint density at radius 3 is 2.93 bits per heavy atom. The van der Waals surface area contributed by atoms with E-state index in [1.807, 2.05) is 6.92 Å². The second-order valence-corrected chi connectivity index (χ2v) is 3.75. The van der Waals surface area contributed by atoms with Crippen LogP contribution in [0.1, 0.15) is 25.2 Å². The summed E-state index contributed by atoms with van der Waals surface area (Å²) in [6.45, 7) is 2.72. The van der Waals surface area contributed by atoms with Crippen molar-refractivity contribution in [3.05, 3.63) is 12.2 Å². The monoisotopic (exact) mass is 209 g/mol. The van der Waals surface area contributed by atoms with Gasteiger partial charge in [0.2, 0.25) is 5.91 Å². The van der Waals surface area contributed by atoms with Crippen LogP contribution < -0.4 is 5.73 Å². The number of carbonyl (C=O) groups excluding carboxylic acids is 1. The van der Waals surface area contributed by atoms with E-state index < -0.39 is 0 Å². The summed E-state index contributed by atoms with van der Waals surface area (Å²) in [6, 6.07) is -0.322. The first-order valence-corrected chi connectivity index (χ1v) is 5.04. The largest absolute Gasteiger partial charge is 0.334 e. The summed E-state index contributed by atoms with van der Waals surface area (Å²) in [5.41, 5.74) is 5.93. The lowest BCUT2D eigenvalue weighted by molar-refractivity contribution is -0.127. The smallest absolute Gasteiger partial charge is 0.224 e. The molecule has 6 nitrogen and oxygen atoms in total. The Hall–Kier alpha value is -1.43. The third-order valence-corrected chi connectivity index (χ3v) is 2.84. The van der Waals surface area contributed by atoms with E-state index in [0.29, 0.717) is 6.42 Å². The lowest BCUT2D eigenvalue weighted by atomic mass is 10.1. The molecule has 2 heterocycles. The number of carbonyl (C=O) groups is 1. The molecule has 15 heavy (non-hydrogen) atoms. The normalized spacial score (nSPS) is 26.3. The Labute approximate surface area is 88.1 Å². The van der Waals surface area contributed by atoms with Gasteiger partial charge in [0.05, 0.1) is 0 Å². The maximum absolute atomic E-state index is 11.5. The second-order valence-electron chi connectivity index (χ2n) is 3.75. The van der Waals surface area contributed by atoms with Gasteiger partial charge in [0.15, 0.2) is 5.82 Å². The minimum Gasteiger partial charge on any atom is -0.334 e. The molecule has 1 aliphatic rings. The highest BCUT2D eigenvalue weighted by molar-refractivity contribution is 5.79. The molecule has 2 rings (SSSR count). The van der Waals surface area contributed by atoms with E-state index in [4.69, 9.17) is 5.73 Å². The van der Waals surface area contributed by atoms with Crippen molar-refractivity contribution in [2.45, 2.75) is 32.0 Å². The molecule has 2 N–H and O–H groups in total. The Bertz CT molecular complexity index is 374. The SMILES string of the molecule is CCn1ncnc1C1C(N)CC(=O)N1C. The molecule has 1 aliphatic heterocycles. The molecule has 0 aliphatic carbocycles. The Balaban J connectivity index is 2.34. The topological polar surface area (TPSA) is 77.0 Å². The molecule has 82 valence electrons. The number of aryl methyl sites for hydroxylation is 1. The maximum Gasteiger partial charge on any atom is 0.224 e. The van der Waals surface area contributed by atoms with Crippen molar-refractivity contribution in [3.8, 4) is 0 Å². The van der Waals surface area contributed by atoms with Crippen LogP contribution in [0.25, 0.3) is 0 Å². The molecule has 1 aromatic rings. The molecule has 6 heteroatoms. The van der Waals surface area contributed by atoms with E-state index >= 15 is 0 Å². The van der Waals surface area contributed by atoms with Gasteiger partial charge in [-0.3, -0.25) is 4.79 Å². The van der Waals surface area contributed by atoms with E-state index in [9.17, 15) is 4.79 Å². The van der Waals surface area contributed by atoms with Crippen molar-refractivity contribution in [2.75, 3.05) is 7.05 Å². The molecule has 0 bridgehead atoms. The van der Waals surface area contributed by atoms with Gasteiger partial charge in [-0.1, -0.05) is 0 Å². The van der Waals surface area contributed by atoms with E-state index in [2.05, 4.69) is 10.1 Å². The summed E-state index contributed by atoms with van der Waals surface area (Å²) >= 11 is 0. The van der Waals surface area contributed by atoms with Gasteiger partial charge in [-0.15, -0.1) is 0 Å². The molecular formula is C9H15N5O. The van der Waals surface area contributed by atoms with Crippen LogP contribution in [0.3, 0.4) is 0 Å². The third-order valence-electron chi connectivity index (χ3n) is 2.84. The number of amides is 1. The fourth-order valence-electron chi connectivity index (χ4n) is 2.01. The lowest BCUT2D eigenvalue weighted by Crippen LogP contribution is -2.32. The van der Waals surface area contributed by atoms with Crippen LogP contribution in [0.5, 0.6) is 0 Å². The van der Waals surface area contributed by atoms with Crippen molar-refractivity contribution in [1.82, 2.24) is 19.7 Å². The van der Waals surface area contributed by atoms with Gasteiger partial charge in [-0.25, -0.2) is 9.67 Å². The fourth-order valence-corrected chi connectivity index (χ4v) is 2.01. The van der Waals surface area contributed by atoms with Crippen LogP contribution in [0.4, 0.5) is 0 Å². The van der Waals surface area contributed by atoms with Gasteiger partial charge in [0.25, 0.3) is 0 Å².